The monoisotopic (exact) mass is 485 g/mol. The van der Waals surface area contributed by atoms with Gasteiger partial charge in [0, 0.05) is 6.07 Å². The number of nitrogens with zero attached hydrogens (tertiary/aromatic N) is 2. The number of esters is 1. The number of nitro benzene ring substituents is 1. The maximum Gasteiger partial charge on any atom is 0.416 e. The second-order valence-electron chi connectivity index (χ2n) is 6.55. The number of hydrogen-bond donors (Lipinski definition) is 1. The second kappa shape index (κ2) is 8.86. The molecular formula is C19H11ClF3N3O7. The molecule has 172 valence electrons. The maximum atomic E-state index is 12.8. The molecule has 0 aromatic heterocycles. The first-order valence-corrected chi connectivity index (χ1v) is 9.23. The van der Waals surface area contributed by atoms with Crippen LogP contribution in [0.2, 0.25) is 5.02 Å². The molecule has 0 spiro atoms. The average Bonchev–Trinajstić information content (AvgIpc) is 2.98. The summed E-state index contributed by atoms with van der Waals surface area (Å²) in [7, 11) is 0. The van der Waals surface area contributed by atoms with E-state index in [9.17, 15) is 42.5 Å². The number of nitrogens with one attached hydrogen (secondary N) is 1. The number of carbonyl (C=O) groups excluding carboxylic acids is 4. The van der Waals surface area contributed by atoms with E-state index >= 15 is 0 Å². The molecule has 33 heavy (non-hydrogen) atoms. The van der Waals surface area contributed by atoms with Crippen LogP contribution in [-0.2, 0) is 20.5 Å². The van der Waals surface area contributed by atoms with Crippen molar-refractivity contribution in [1.29, 1.82) is 0 Å². The Labute approximate surface area is 187 Å². The molecule has 14 heteroatoms. The Hall–Kier alpha value is -4.00. The number of imide groups is 1. The van der Waals surface area contributed by atoms with Crippen molar-refractivity contribution < 1.29 is 42.0 Å². The van der Waals surface area contributed by atoms with Crippen LogP contribution in [0, 0.1) is 10.1 Å². The lowest BCUT2D eigenvalue weighted by Gasteiger charge is -2.14. The first kappa shape index (κ1) is 23.7. The van der Waals surface area contributed by atoms with Crippen molar-refractivity contribution in [3.8, 4) is 0 Å². The Bertz CT molecular complexity index is 1200. The molecule has 1 aliphatic heterocycles. The van der Waals surface area contributed by atoms with Crippen molar-refractivity contribution in [2.24, 2.45) is 0 Å². The fourth-order valence-corrected chi connectivity index (χ4v) is 3.08. The predicted molar refractivity (Wildman–Crippen MR) is 105 cm³/mol. The van der Waals surface area contributed by atoms with E-state index in [0.29, 0.717) is 17.0 Å². The fourth-order valence-electron chi connectivity index (χ4n) is 2.92. The summed E-state index contributed by atoms with van der Waals surface area (Å²) in [4.78, 5) is 59.3. The van der Waals surface area contributed by atoms with E-state index in [2.05, 4.69) is 10.1 Å². The number of alkyl halides is 3. The van der Waals surface area contributed by atoms with Crippen LogP contribution in [0.3, 0.4) is 0 Å². The first-order chi connectivity index (χ1) is 15.4. The van der Waals surface area contributed by atoms with Crippen LogP contribution in [0.15, 0.2) is 36.4 Å². The molecule has 0 saturated carbocycles. The van der Waals surface area contributed by atoms with E-state index < -0.39 is 64.8 Å². The number of ether oxygens (including phenoxy) is 1. The van der Waals surface area contributed by atoms with Gasteiger partial charge in [-0.05, 0) is 24.3 Å². The summed E-state index contributed by atoms with van der Waals surface area (Å²) in [6, 6.07) is 5.63. The van der Waals surface area contributed by atoms with Gasteiger partial charge in [0.05, 0.1) is 26.8 Å². The summed E-state index contributed by atoms with van der Waals surface area (Å²) in [6.07, 6.45) is -4.68. The number of hydrogen-bond acceptors (Lipinski definition) is 7. The molecule has 10 nitrogen and oxygen atoms in total. The third-order valence-electron chi connectivity index (χ3n) is 4.39. The minimum Gasteiger partial charge on any atom is -0.454 e. The highest BCUT2D eigenvalue weighted by Gasteiger charge is 2.42. The molecule has 0 unspecified atom stereocenters. The number of carbonyl (C=O) groups is 4. The Morgan fingerprint density at radius 3 is 2.48 bits per heavy atom. The molecule has 1 aliphatic rings. The number of anilines is 1. The van der Waals surface area contributed by atoms with Gasteiger partial charge in [-0.25, -0.2) is 0 Å². The number of halogens is 4. The van der Waals surface area contributed by atoms with Crippen molar-refractivity contribution in [3.63, 3.8) is 0 Å². The molecule has 0 fully saturated rings. The van der Waals surface area contributed by atoms with Crippen LogP contribution < -0.4 is 5.32 Å². The van der Waals surface area contributed by atoms with Gasteiger partial charge < -0.3 is 10.1 Å². The highest BCUT2D eigenvalue weighted by atomic mass is 35.5. The van der Waals surface area contributed by atoms with Gasteiger partial charge in [-0.2, -0.15) is 13.2 Å². The smallest absolute Gasteiger partial charge is 0.416 e. The van der Waals surface area contributed by atoms with Crippen LogP contribution >= 0.6 is 11.6 Å². The van der Waals surface area contributed by atoms with E-state index in [1.165, 1.54) is 12.1 Å². The largest absolute Gasteiger partial charge is 0.454 e. The third kappa shape index (κ3) is 4.92. The third-order valence-corrected chi connectivity index (χ3v) is 4.72. The lowest BCUT2D eigenvalue weighted by Crippen LogP contribution is -2.36. The summed E-state index contributed by atoms with van der Waals surface area (Å²) < 4.78 is 43.0. The van der Waals surface area contributed by atoms with E-state index in [1.807, 2.05) is 0 Å². The molecule has 2 aromatic rings. The molecule has 0 bridgehead atoms. The molecule has 3 amide bonds. The van der Waals surface area contributed by atoms with Gasteiger partial charge in [0.15, 0.2) is 6.61 Å². The maximum absolute atomic E-state index is 12.8. The molecule has 0 radical (unpaired) electrons. The van der Waals surface area contributed by atoms with E-state index in [0.717, 1.165) is 12.1 Å². The minimum atomic E-state index is -4.68. The molecular weight excluding hydrogens is 475 g/mol. The summed E-state index contributed by atoms with van der Waals surface area (Å²) in [5.74, 6) is -4.30. The highest BCUT2D eigenvalue weighted by molar-refractivity contribution is 6.33. The number of fused-ring (bicyclic) bond motifs is 1. The summed E-state index contributed by atoms with van der Waals surface area (Å²) in [5, 5.41) is 12.9. The van der Waals surface area contributed by atoms with Crippen LogP contribution in [0.4, 0.5) is 24.5 Å². The zero-order valence-corrected chi connectivity index (χ0v) is 16.9. The van der Waals surface area contributed by atoms with E-state index in [4.69, 9.17) is 11.6 Å². The van der Waals surface area contributed by atoms with Crippen LogP contribution in [0.25, 0.3) is 0 Å². The van der Waals surface area contributed by atoms with Gasteiger partial charge in [0.25, 0.3) is 23.4 Å². The second-order valence-corrected chi connectivity index (χ2v) is 6.96. The van der Waals surface area contributed by atoms with Gasteiger partial charge in [0.2, 0.25) is 0 Å². The summed E-state index contributed by atoms with van der Waals surface area (Å²) in [6.45, 7) is -1.91. The Kier molecular flexibility index (Phi) is 6.35. The fraction of sp³-hybridized carbons (Fsp3) is 0.158. The average molecular weight is 486 g/mol. The number of rotatable bonds is 6. The van der Waals surface area contributed by atoms with E-state index in [-0.39, 0.29) is 16.3 Å². The molecule has 1 N–H and O–H groups in total. The number of nitro groups is 1. The molecule has 1 heterocycles. The van der Waals surface area contributed by atoms with Gasteiger partial charge in [0.1, 0.15) is 12.1 Å². The van der Waals surface area contributed by atoms with Gasteiger partial charge in [-0.3, -0.25) is 34.2 Å². The Morgan fingerprint density at radius 2 is 1.85 bits per heavy atom. The minimum absolute atomic E-state index is 0.199. The zero-order valence-electron chi connectivity index (χ0n) is 16.1. The van der Waals surface area contributed by atoms with Crippen molar-refractivity contribution in [3.05, 3.63) is 68.2 Å². The van der Waals surface area contributed by atoms with Crippen LogP contribution in [0.1, 0.15) is 26.3 Å². The standard InChI is InChI=1S/C19H11ClF3N3O7/c20-11-5-4-9(19(21,22)23)6-12(11)24-14(27)8-33-15(28)7-25-17(29)10-2-1-3-13(26(31)32)16(10)18(25)30/h1-6H,7-8H2,(H,24,27). The lowest BCUT2D eigenvalue weighted by molar-refractivity contribution is -0.385. The van der Waals surface area contributed by atoms with Crippen LogP contribution in [-0.4, -0.2) is 46.7 Å². The van der Waals surface area contributed by atoms with Gasteiger partial charge in [-0.15, -0.1) is 0 Å². The van der Waals surface area contributed by atoms with Crippen molar-refractivity contribution in [2.45, 2.75) is 6.18 Å². The normalized spacial score (nSPS) is 13.0. The number of benzene rings is 2. The predicted octanol–water partition coefficient (Wildman–Crippen LogP) is 3.04. The lowest BCUT2D eigenvalue weighted by atomic mass is 10.1. The Balaban J connectivity index is 1.62. The number of amides is 3. The molecule has 0 aliphatic carbocycles. The van der Waals surface area contributed by atoms with Gasteiger partial charge >= 0.3 is 12.1 Å². The summed E-state index contributed by atoms with van der Waals surface area (Å²) in [5.41, 5.74) is -2.80. The molecule has 0 atom stereocenters. The van der Waals surface area contributed by atoms with Crippen molar-refractivity contribution >= 4 is 46.7 Å². The van der Waals surface area contributed by atoms with E-state index in [1.54, 1.807) is 0 Å². The van der Waals surface area contributed by atoms with Crippen LogP contribution in [0.5, 0.6) is 0 Å². The van der Waals surface area contributed by atoms with Crippen molar-refractivity contribution in [2.75, 3.05) is 18.5 Å². The molecule has 0 saturated heterocycles. The molecule has 3 rings (SSSR count). The first-order valence-electron chi connectivity index (χ1n) is 8.86. The van der Waals surface area contributed by atoms with Crippen molar-refractivity contribution in [1.82, 2.24) is 4.90 Å². The Morgan fingerprint density at radius 1 is 1.15 bits per heavy atom. The quantitative estimate of drug-likeness (QED) is 0.287. The highest BCUT2D eigenvalue weighted by Crippen LogP contribution is 2.34. The topological polar surface area (TPSA) is 136 Å². The zero-order chi connectivity index (χ0) is 24.5. The van der Waals surface area contributed by atoms with Gasteiger partial charge in [-0.1, -0.05) is 17.7 Å². The SMILES string of the molecule is O=C(COC(=O)CN1C(=O)c2cccc([N+](=O)[O-])c2C1=O)Nc1cc(C(F)(F)F)ccc1Cl. The molecule has 2 aromatic carbocycles. The summed E-state index contributed by atoms with van der Waals surface area (Å²) >= 11 is 5.76.